The van der Waals surface area contributed by atoms with Gasteiger partial charge in [-0.3, -0.25) is 4.90 Å². The Kier molecular flexibility index (Phi) is 5.23. The largest absolute Gasteiger partial charge is 0.444 e. The first kappa shape index (κ1) is 17.7. The number of alkyl halides is 1. The molecule has 1 aliphatic rings. The lowest BCUT2D eigenvalue weighted by atomic mass is 10.2. The molecule has 7 nitrogen and oxygen atoms in total. The molecule has 8 heteroatoms. The van der Waals surface area contributed by atoms with Gasteiger partial charge in [-0.2, -0.15) is 4.98 Å². The number of hydrogen-bond donors (Lipinski definition) is 0. The summed E-state index contributed by atoms with van der Waals surface area (Å²) in [5.74, 6) is 1.01. The van der Waals surface area contributed by atoms with Gasteiger partial charge in [0.1, 0.15) is 11.8 Å². The predicted octanol–water partition coefficient (Wildman–Crippen LogP) is 2.16. The third-order valence-electron chi connectivity index (χ3n) is 3.58. The van der Waals surface area contributed by atoms with Crippen molar-refractivity contribution in [2.24, 2.45) is 0 Å². The highest BCUT2D eigenvalue weighted by molar-refractivity contribution is 5.67. The number of aryl methyl sites for hydroxylation is 1. The van der Waals surface area contributed by atoms with Gasteiger partial charge in [0.2, 0.25) is 5.89 Å². The van der Waals surface area contributed by atoms with Gasteiger partial charge in [-0.15, -0.1) is 0 Å². The summed E-state index contributed by atoms with van der Waals surface area (Å²) >= 11 is 0. The zero-order chi connectivity index (χ0) is 17.2. The quantitative estimate of drug-likeness (QED) is 0.843. The fourth-order valence-corrected chi connectivity index (χ4v) is 2.62. The Bertz CT molecular complexity index is 543. The normalized spacial score (nSPS) is 22.3. The van der Waals surface area contributed by atoms with Crippen LogP contribution in [-0.4, -0.2) is 64.0 Å². The molecule has 0 N–H and O–H groups in total. The highest BCUT2D eigenvalue weighted by atomic mass is 19.1. The van der Waals surface area contributed by atoms with Crippen LogP contribution in [0.2, 0.25) is 0 Å². The molecule has 0 saturated carbocycles. The van der Waals surface area contributed by atoms with Crippen LogP contribution in [0.5, 0.6) is 0 Å². The molecular formula is C15H25FN4O3. The molecule has 0 bridgehead atoms. The summed E-state index contributed by atoms with van der Waals surface area (Å²) < 4.78 is 24.1. The number of likely N-dealkylation sites (tertiary alicyclic amines) is 1. The van der Waals surface area contributed by atoms with E-state index >= 15 is 0 Å². The van der Waals surface area contributed by atoms with Crippen molar-refractivity contribution in [3.05, 3.63) is 11.7 Å². The molecule has 1 fully saturated rings. The van der Waals surface area contributed by atoms with Crippen LogP contribution in [0.25, 0.3) is 0 Å². The summed E-state index contributed by atoms with van der Waals surface area (Å²) in [5, 5.41) is 3.85. The van der Waals surface area contributed by atoms with E-state index in [0.717, 1.165) is 0 Å². The van der Waals surface area contributed by atoms with E-state index in [1.165, 1.54) is 4.90 Å². The average molecular weight is 328 g/mol. The summed E-state index contributed by atoms with van der Waals surface area (Å²) in [6.45, 7) is 8.27. The first-order valence-electron chi connectivity index (χ1n) is 7.75. The van der Waals surface area contributed by atoms with Gasteiger partial charge in [0, 0.05) is 33.1 Å². The third-order valence-corrected chi connectivity index (χ3v) is 3.58. The van der Waals surface area contributed by atoms with Gasteiger partial charge in [0.15, 0.2) is 5.82 Å². The minimum Gasteiger partial charge on any atom is -0.444 e. The number of carbonyl (C=O) groups excluding carboxylic acids is 1. The zero-order valence-electron chi connectivity index (χ0n) is 14.4. The van der Waals surface area contributed by atoms with Gasteiger partial charge < -0.3 is 14.2 Å². The highest BCUT2D eigenvalue weighted by Crippen LogP contribution is 2.23. The Labute approximate surface area is 135 Å². The maximum absolute atomic E-state index is 13.8. The standard InChI is InChI=1S/C15H25FN4O3/c1-10-17-13(18-23-10)9-20-7-11(16)6-12(20)8-19(5)14(21)22-15(2,3)4/h11-12H,6-9H2,1-5H3/t11-,12-/m0/s1. The fourth-order valence-electron chi connectivity index (χ4n) is 2.62. The number of halogens is 1. The number of rotatable bonds is 4. The van der Waals surface area contributed by atoms with Crippen LogP contribution in [-0.2, 0) is 11.3 Å². The summed E-state index contributed by atoms with van der Waals surface area (Å²) in [6.07, 6.45) is -0.945. The van der Waals surface area contributed by atoms with Crippen molar-refractivity contribution in [1.82, 2.24) is 19.9 Å². The SMILES string of the molecule is Cc1nc(CN2C[C@@H](F)C[C@H]2CN(C)C(=O)OC(C)(C)C)no1. The van der Waals surface area contributed by atoms with E-state index in [1.54, 1.807) is 14.0 Å². The average Bonchev–Trinajstić information content (AvgIpc) is 2.94. The van der Waals surface area contributed by atoms with E-state index in [1.807, 2.05) is 25.7 Å². The Morgan fingerprint density at radius 1 is 1.52 bits per heavy atom. The molecule has 1 aromatic rings. The van der Waals surface area contributed by atoms with E-state index in [2.05, 4.69) is 10.1 Å². The summed E-state index contributed by atoms with van der Waals surface area (Å²) in [4.78, 5) is 19.6. The first-order valence-corrected chi connectivity index (χ1v) is 7.75. The molecule has 0 aliphatic carbocycles. The molecule has 130 valence electrons. The highest BCUT2D eigenvalue weighted by Gasteiger charge is 2.35. The van der Waals surface area contributed by atoms with Crippen LogP contribution in [0.4, 0.5) is 9.18 Å². The molecule has 0 unspecified atom stereocenters. The number of amides is 1. The van der Waals surface area contributed by atoms with Crippen LogP contribution in [0, 0.1) is 6.92 Å². The number of likely N-dealkylation sites (N-methyl/N-ethyl adjacent to an activating group) is 1. The molecular weight excluding hydrogens is 303 g/mol. The van der Waals surface area contributed by atoms with Gasteiger partial charge in [-0.05, 0) is 27.2 Å². The van der Waals surface area contributed by atoms with Gasteiger partial charge in [-0.1, -0.05) is 5.16 Å². The molecule has 1 aromatic heterocycles. The molecule has 23 heavy (non-hydrogen) atoms. The van der Waals surface area contributed by atoms with E-state index in [0.29, 0.717) is 37.8 Å². The topological polar surface area (TPSA) is 71.7 Å². The smallest absolute Gasteiger partial charge is 0.410 e. The Morgan fingerprint density at radius 2 is 2.22 bits per heavy atom. The maximum Gasteiger partial charge on any atom is 0.410 e. The summed E-state index contributed by atoms with van der Waals surface area (Å²) in [5.41, 5.74) is -0.550. The monoisotopic (exact) mass is 328 g/mol. The minimum absolute atomic E-state index is 0.0960. The lowest BCUT2D eigenvalue weighted by molar-refractivity contribution is 0.0255. The molecule has 1 saturated heterocycles. The van der Waals surface area contributed by atoms with Crippen LogP contribution in [0.1, 0.15) is 38.9 Å². The van der Waals surface area contributed by atoms with Gasteiger partial charge in [-0.25, -0.2) is 9.18 Å². The van der Waals surface area contributed by atoms with Crippen LogP contribution in [0.15, 0.2) is 4.52 Å². The molecule has 0 radical (unpaired) electrons. The fraction of sp³-hybridized carbons (Fsp3) is 0.800. The van der Waals surface area contributed by atoms with E-state index in [4.69, 9.17) is 9.26 Å². The lowest BCUT2D eigenvalue weighted by Crippen LogP contribution is -2.43. The number of hydrogen-bond acceptors (Lipinski definition) is 6. The van der Waals surface area contributed by atoms with Crippen molar-refractivity contribution in [3.63, 3.8) is 0 Å². The Hall–Kier alpha value is -1.70. The van der Waals surface area contributed by atoms with Crippen LogP contribution < -0.4 is 0 Å². The van der Waals surface area contributed by atoms with E-state index in [-0.39, 0.29) is 6.04 Å². The van der Waals surface area contributed by atoms with Crippen molar-refractivity contribution in [2.45, 2.75) is 58.5 Å². The van der Waals surface area contributed by atoms with Crippen molar-refractivity contribution < 1.29 is 18.4 Å². The lowest BCUT2D eigenvalue weighted by Gasteiger charge is -2.29. The molecule has 2 atom stereocenters. The Morgan fingerprint density at radius 3 is 2.78 bits per heavy atom. The molecule has 1 amide bonds. The van der Waals surface area contributed by atoms with Crippen molar-refractivity contribution in [1.29, 1.82) is 0 Å². The zero-order valence-corrected chi connectivity index (χ0v) is 14.4. The van der Waals surface area contributed by atoms with Crippen molar-refractivity contribution in [2.75, 3.05) is 20.1 Å². The van der Waals surface area contributed by atoms with Crippen molar-refractivity contribution >= 4 is 6.09 Å². The predicted molar refractivity (Wildman–Crippen MR) is 81.6 cm³/mol. The molecule has 1 aliphatic heterocycles. The number of aromatic nitrogens is 2. The van der Waals surface area contributed by atoms with Crippen LogP contribution >= 0.6 is 0 Å². The second-order valence-electron chi connectivity index (χ2n) is 7.01. The summed E-state index contributed by atoms with van der Waals surface area (Å²) in [7, 11) is 1.66. The molecule has 2 rings (SSSR count). The Balaban J connectivity index is 1.95. The molecule has 0 aromatic carbocycles. The van der Waals surface area contributed by atoms with Gasteiger partial charge in [0.25, 0.3) is 0 Å². The van der Waals surface area contributed by atoms with Gasteiger partial charge in [0.05, 0.1) is 6.54 Å². The third kappa shape index (κ3) is 5.16. The number of nitrogens with zero attached hydrogens (tertiary/aromatic N) is 4. The number of carbonyl (C=O) groups is 1. The van der Waals surface area contributed by atoms with Crippen molar-refractivity contribution in [3.8, 4) is 0 Å². The molecule has 0 spiro atoms. The van der Waals surface area contributed by atoms with E-state index in [9.17, 15) is 9.18 Å². The first-order chi connectivity index (χ1) is 10.6. The second-order valence-corrected chi connectivity index (χ2v) is 7.01. The number of ether oxygens (including phenoxy) is 1. The van der Waals surface area contributed by atoms with E-state index < -0.39 is 17.9 Å². The maximum atomic E-state index is 13.8. The summed E-state index contributed by atoms with van der Waals surface area (Å²) in [6, 6.07) is -0.0960. The van der Waals surface area contributed by atoms with Crippen LogP contribution in [0.3, 0.4) is 0 Å². The minimum atomic E-state index is -0.917. The van der Waals surface area contributed by atoms with Gasteiger partial charge >= 0.3 is 6.09 Å². The second kappa shape index (κ2) is 6.82. The molecule has 2 heterocycles.